The quantitative estimate of drug-likeness (QED) is 0.626. The van der Waals surface area contributed by atoms with E-state index in [1.807, 2.05) is 31.2 Å². The van der Waals surface area contributed by atoms with Gasteiger partial charge in [0.05, 0.1) is 25.2 Å². The van der Waals surface area contributed by atoms with E-state index in [-0.39, 0.29) is 25.1 Å². The topological polar surface area (TPSA) is 56.6 Å². The summed E-state index contributed by atoms with van der Waals surface area (Å²) in [5, 5.41) is 0. The molecule has 0 N–H and O–H groups in total. The Balaban J connectivity index is 1.63. The number of nitrogens with zero attached hydrogens (tertiary/aromatic N) is 3. The van der Waals surface area contributed by atoms with Crippen LogP contribution in [0.5, 0.6) is 5.75 Å². The second kappa shape index (κ2) is 7.96. The molecular weight excluding hydrogens is 397 g/mol. The molecule has 6 nitrogen and oxygen atoms in total. The number of alkyl halides is 1. The first kappa shape index (κ1) is 20.0. The number of rotatable bonds is 5. The zero-order valence-electron chi connectivity index (χ0n) is 17.8. The molecule has 162 valence electrons. The van der Waals surface area contributed by atoms with Gasteiger partial charge in [-0.05, 0) is 31.4 Å². The Morgan fingerprint density at radius 3 is 2.77 bits per heavy atom. The third kappa shape index (κ3) is 3.47. The number of imidazole rings is 1. The molecule has 2 aliphatic heterocycles. The summed E-state index contributed by atoms with van der Waals surface area (Å²) in [7, 11) is 1.67. The second-order valence-corrected chi connectivity index (χ2v) is 8.27. The summed E-state index contributed by atoms with van der Waals surface area (Å²) in [4.78, 5) is 19.4. The first-order valence-electron chi connectivity index (χ1n) is 10.7. The number of aryl methyl sites for hydroxylation is 1. The minimum absolute atomic E-state index is 0.0902. The Labute approximate surface area is 180 Å². The van der Waals surface area contributed by atoms with Gasteiger partial charge in [0.1, 0.15) is 29.4 Å². The van der Waals surface area contributed by atoms with E-state index in [2.05, 4.69) is 16.7 Å². The summed E-state index contributed by atoms with van der Waals surface area (Å²) in [5.41, 5.74) is 4.21. The van der Waals surface area contributed by atoms with E-state index in [4.69, 9.17) is 14.5 Å². The monoisotopic (exact) mass is 423 g/mol. The van der Waals surface area contributed by atoms with Gasteiger partial charge in [0.2, 0.25) is 0 Å². The van der Waals surface area contributed by atoms with Crippen LogP contribution in [-0.2, 0) is 17.7 Å². The third-order valence-electron chi connectivity index (χ3n) is 6.24. The number of fused-ring (bicyclic) bond motifs is 3. The van der Waals surface area contributed by atoms with Crippen molar-refractivity contribution < 1.29 is 18.7 Å². The zero-order valence-corrected chi connectivity index (χ0v) is 17.8. The molecule has 1 aromatic heterocycles. The van der Waals surface area contributed by atoms with Gasteiger partial charge < -0.3 is 18.9 Å². The van der Waals surface area contributed by atoms with Crippen molar-refractivity contribution in [1.82, 2.24) is 14.5 Å². The van der Waals surface area contributed by atoms with Crippen LogP contribution in [0, 0.1) is 6.92 Å². The third-order valence-corrected chi connectivity index (χ3v) is 6.24. The number of carbonyl (C=O) groups is 1. The zero-order chi connectivity index (χ0) is 21.5. The number of likely N-dealkylation sites (tertiary alicyclic amines) is 1. The van der Waals surface area contributed by atoms with Gasteiger partial charge in [0.25, 0.3) is 5.91 Å². The number of amides is 1. The van der Waals surface area contributed by atoms with Crippen LogP contribution in [0.3, 0.4) is 0 Å². The van der Waals surface area contributed by atoms with E-state index < -0.39 is 6.17 Å². The molecule has 1 fully saturated rings. The van der Waals surface area contributed by atoms with Crippen LogP contribution in [-0.4, -0.2) is 53.3 Å². The van der Waals surface area contributed by atoms with Crippen molar-refractivity contribution in [2.45, 2.75) is 38.6 Å². The Kier molecular flexibility index (Phi) is 5.14. The molecule has 1 amide bonds. The molecule has 5 rings (SSSR count). The minimum Gasteiger partial charge on any atom is -0.483 e. The molecule has 0 spiro atoms. The van der Waals surface area contributed by atoms with Crippen LogP contribution in [0.2, 0.25) is 0 Å². The molecular formula is C24H26FN3O3. The van der Waals surface area contributed by atoms with Crippen molar-refractivity contribution in [2.24, 2.45) is 0 Å². The Bertz CT molecular complexity index is 1120. The number of hydrogen-bond donors (Lipinski definition) is 0. The molecule has 2 aliphatic rings. The lowest BCUT2D eigenvalue weighted by Gasteiger charge is -2.36. The van der Waals surface area contributed by atoms with Crippen molar-refractivity contribution in [3.05, 3.63) is 58.9 Å². The Morgan fingerprint density at radius 2 is 2.06 bits per heavy atom. The molecule has 1 unspecified atom stereocenters. The van der Waals surface area contributed by atoms with Gasteiger partial charge in [-0.1, -0.05) is 30.3 Å². The molecule has 0 radical (unpaired) electrons. The fourth-order valence-electron chi connectivity index (χ4n) is 4.58. The van der Waals surface area contributed by atoms with E-state index in [9.17, 15) is 9.18 Å². The fourth-order valence-corrected chi connectivity index (χ4v) is 4.58. The number of halogens is 1. The molecule has 1 atom stereocenters. The molecule has 3 aromatic rings. The Hall–Kier alpha value is -2.93. The first-order valence-corrected chi connectivity index (χ1v) is 10.7. The van der Waals surface area contributed by atoms with Crippen molar-refractivity contribution in [2.75, 3.05) is 26.8 Å². The smallest absolute Gasteiger partial charge is 0.254 e. The van der Waals surface area contributed by atoms with E-state index >= 15 is 0 Å². The molecule has 31 heavy (non-hydrogen) atoms. The lowest BCUT2D eigenvalue weighted by molar-refractivity contribution is 0.0397. The van der Waals surface area contributed by atoms with Crippen molar-refractivity contribution >= 4 is 16.9 Å². The van der Waals surface area contributed by atoms with Gasteiger partial charge in [-0.2, -0.15) is 0 Å². The number of carbonyl (C=O) groups excluding carboxylic acids is 1. The van der Waals surface area contributed by atoms with Crippen LogP contribution in [0.1, 0.15) is 39.8 Å². The van der Waals surface area contributed by atoms with Crippen LogP contribution < -0.4 is 4.74 Å². The largest absolute Gasteiger partial charge is 0.483 e. The molecule has 0 aliphatic carbocycles. The van der Waals surface area contributed by atoms with Crippen LogP contribution in [0.25, 0.3) is 11.0 Å². The van der Waals surface area contributed by atoms with Crippen LogP contribution >= 0.6 is 0 Å². The molecule has 3 heterocycles. The lowest BCUT2D eigenvalue weighted by atomic mass is 9.92. The highest BCUT2D eigenvalue weighted by Gasteiger charge is 2.35. The first-order chi connectivity index (χ1) is 15.1. The highest BCUT2D eigenvalue weighted by Crippen LogP contribution is 2.42. The summed E-state index contributed by atoms with van der Waals surface area (Å²) >= 11 is 0. The minimum atomic E-state index is -0.933. The summed E-state index contributed by atoms with van der Waals surface area (Å²) in [6.45, 7) is 3.45. The molecule has 7 heteroatoms. The molecule has 0 bridgehead atoms. The standard InChI is InChI=1S/C24H26FN3O3/c1-15-26-20-12-19(24(29)27-13-17(25)14-27)18-8-9-21(16-6-4-3-5-7-16)31-23(18)22(20)28(15)10-11-30-2/h3-7,12,17,21H,8-11,13-14H2,1-2H3. The maximum absolute atomic E-state index is 13.4. The lowest BCUT2D eigenvalue weighted by Crippen LogP contribution is -2.51. The second-order valence-electron chi connectivity index (χ2n) is 8.27. The SMILES string of the molecule is COCCn1c(C)nc2cc(C(=O)N3CC(F)C3)c3c(c21)OC(c1ccccc1)CC3. The Morgan fingerprint density at radius 1 is 1.29 bits per heavy atom. The van der Waals surface area contributed by atoms with Crippen LogP contribution in [0.15, 0.2) is 36.4 Å². The maximum atomic E-state index is 13.4. The summed E-state index contributed by atoms with van der Waals surface area (Å²) in [5.74, 6) is 1.42. The maximum Gasteiger partial charge on any atom is 0.254 e. The van der Waals surface area contributed by atoms with Gasteiger partial charge in [-0.15, -0.1) is 0 Å². The summed E-state index contributed by atoms with van der Waals surface area (Å²) in [6.07, 6.45) is 0.470. The number of methoxy groups -OCH3 is 1. The summed E-state index contributed by atoms with van der Waals surface area (Å²) < 4.78 is 27.4. The number of hydrogen-bond acceptors (Lipinski definition) is 4. The van der Waals surface area contributed by atoms with Gasteiger partial charge in [0.15, 0.2) is 0 Å². The number of aromatic nitrogens is 2. The highest BCUT2D eigenvalue weighted by atomic mass is 19.1. The van der Waals surface area contributed by atoms with E-state index in [1.54, 1.807) is 12.0 Å². The predicted molar refractivity (Wildman–Crippen MR) is 115 cm³/mol. The van der Waals surface area contributed by atoms with Gasteiger partial charge >= 0.3 is 0 Å². The van der Waals surface area contributed by atoms with Gasteiger partial charge in [-0.25, -0.2) is 9.37 Å². The number of ether oxygens (including phenoxy) is 2. The van der Waals surface area contributed by atoms with Crippen molar-refractivity contribution in [3.8, 4) is 5.75 Å². The summed E-state index contributed by atoms with van der Waals surface area (Å²) in [6, 6.07) is 12.0. The average molecular weight is 423 g/mol. The van der Waals surface area contributed by atoms with Gasteiger partial charge in [-0.3, -0.25) is 4.79 Å². The van der Waals surface area contributed by atoms with E-state index in [1.165, 1.54) is 0 Å². The van der Waals surface area contributed by atoms with E-state index in [0.29, 0.717) is 25.1 Å². The fraction of sp³-hybridized carbons (Fsp3) is 0.417. The molecule has 0 saturated carbocycles. The van der Waals surface area contributed by atoms with Crippen molar-refractivity contribution in [3.63, 3.8) is 0 Å². The highest BCUT2D eigenvalue weighted by molar-refractivity contribution is 6.02. The normalized spacial score (nSPS) is 18.5. The molecule has 1 saturated heterocycles. The van der Waals surface area contributed by atoms with Crippen LogP contribution in [0.4, 0.5) is 4.39 Å². The van der Waals surface area contributed by atoms with Crippen molar-refractivity contribution in [1.29, 1.82) is 0 Å². The van der Waals surface area contributed by atoms with Gasteiger partial charge in [0, 0.05) is 24.8 Å². The molecule has 2 aromatic carbocycles. The number of benzene rings is 2. The van der Waals surface area contributed by atoms with E-state index in [0.717, 1.165) is 40.2 Å². The predicted octanol–water partition coefficient (Wildman–Crippen LogP) is 3.85. The average Bonchev–Trinajstić information content (AvgIpc) is 3.09.